The summed E-state index contributed by atoms with van der Waals surface area (Å²) in [6.45, 7) is 1.47. The fourth-order valence-corrected chi connectivity index (χ4v) is 2.48. The third kappa shape index (κ3) is 2.53. The number of aliphatic hydroxyl groups is 1. The van der Waals surface area contributed by atoms with Gasteiger partial charge in [0.2, 0.25) is 0 Å². The maximum absolute atomic E-state index is 10.5. The van der Waals surface area contributed by atoms with Crippen molar-refractivity contribution in [2.75, 3.05) is 0 Å². The van der Waals surface area contributed by atoms with E-state index in [1.54, 1.807) is 36.4 Å². The number of nitrogens with zero attached hydrogens (tertiary/aromatic N) is 3. The lowest BCUT2D eigenvalue weighted by Gasteiger charge is -2.22. The highest BCUT2D eigenvalue weighted by Gasteiger charge is 2.40. The van der Waals surface area contributed by atoms with Gasteiger partial charge in [0.05, 0.1) is 11.3 Å². The Bertz CT molecular complexity index is 767. The highest BCUT2D eigenvalue weighted by Crippen LogP contribution is 2.38. The number of nitriles is 3. The van der Waals surface area contributed by atoms with Crippen molar-refractivity contribution in [3.8, 4) is 18.2 Å². The van der Waals surface area contributed by atoms with Gasteiger partial charge in [-0.15, -0.1) is 0 Å². The molecule has 1 aliphatic rings. The van der Waals surface area contributed by atoms with E-state index >= 15 is 0 Å². The molecule has 0 saturated carbocycles. The normalized spacial score (nSPS) is 20.3. The summed E-state index contributed by atoms with van der Waals surface area (Å²) < 4.78 is 0.862. The van der Waals surface area contributed by atoms with Crippen LogP contribution in [0, 0.1) is 34.0 Å². The van der Waals surface area contributed by atoms with Crippen LogP contribution >= 0.6 is 15.9 Å². The first-order valence-electron chi connectivity index (χ1n) is 5.90. The van der Waals surface area contributed by atoms with E-state index < -0.39 is 5.72 Å². The van der Waals surface area contributed by atoms with Crippen LogP contribution in [0.25, 0.3) is 5.57 Å². The highest BCUT2D eigenvalue weighted by molar-refractivity contribution is 9.10. The first-order chi connectivity index (χ1) is 9.94. The summed E-state index contributed by atoms with van der Waals surface area (Å²) in [5.74, 6) is 0. The molecule has 2 rings (SSSR count). The lowest BCUT2D eigenvalue weighted by molar-refractivity contribution is 0.103. The minimum Gasteiger partial charge on any atom is -0.367 e. The van der Waals surface area contributed by atoms with E-state index in [2.05, 4.69) is 21.2 Å². The molecule has 1 unspecified atom stereocenters. The van der Waals surface area contributed by atoms with Gasteiger partial charge >= 0.3 is 0 Å². The summed E-state index contributed by atoms with van der Waals surface area (Å²) in [6, 6.07) is 12.5. The van der Waals surface area contributed by atoms with E-state index in [9.17, 15) is 10.4 Å². The maximum Gasteiger partial charge on any atom is 0.161 e. The Hall–Kier alpha value is -2.59. The van der Waals surface area contributed by atoms with Crippen molar-refractivity contribution in [3.05, 3.63) is 51.1 Å². The Kier molecular flexibility index (Phi) is 3.82. The van der Waals surface area contributed by atoms with Gasteiger partial charge in [-0.3, -0.25) is 0 Å². The molecule has 0 aliphatic carbocycles. The Morgan fingerprint density at radius 3 is 2.24 bits per heavy atom. The number of hydrogen-bond acceptors (Lipinski definition) is 5. The van der Waals surface area contributed by atoms with Gasteiger partial charge in [0.25, 0.3) is 0 Å². The van der Waals surface area contributed by atoms with Crippen LogP contribution in [-0.4, -0.2) is 10.8 Å². The summed E-state index contributed by atoms with van der Waals surface area (Å²) >= 11 is 3.32. The maximum atomic E-state index is 10.5. The second-order valence-corrected chi connectivity index (χ2v) is 5.46. The van der Waals surface area contributed by atoms with Gasteiger partial charge in [0.1, 0.15) is 18.2 Å². The van der Waals surface area contributed by atoms with Gasteiger partial charge in [-0.05, 0) is 24.6 Å². The lowest BCUT2D eigenvalue weighted by Crippen LogP contribution is -2.37. The van der Waals surface area contributed by atoms with Gasteiger partial charge in [-0.25, -0.2) is 0 Å². The largest absolute Gasteiger partial charge is 0.367 e. The van der Waals surface area contributed by atoms with Crippen LogP contribution in [0.3, 0.4) is 0 Å². The van der Waals surface area contributed by atoms with Crippen LogP contribution < -0.4 is 5.32 Å². The number of benzene rings is 1. The van der Waals surface area contributed by atoms with E-state index in [4.69, 9.17) is 10.5 Å². The molecule has 1 aliphatic heterocycles. The third-order valence-corrected chi connectivity index (χ3v) is 3.60. The zero-order valence-electron chi connectivity index (χ0n) is 11.0. The molecule has 0 amide bonds. The number of nitrogens with one attached hydrogen (secondary N) is 1. The van der Waals surface area contributed by atoms with E-state index in [0.717, 1.165) is 4.47 Å². The van der Waals surface area contributed by atoms with Gasteiger partial charge in [-0.1, -0.05) is 28.1 Å². The predicted octanol–water partition coefficient (Wildman–Crippen LogP) is 2.34. The summed E-state index contributed by atoms with van der Waals surface area (Å²) in [7, 11) is 0. The zero-order chi connectivity index (χ0) is 15.6. The number of allylic oxidation sites excluding steroid dienone is 2. The standard InChI is InChI=1S/C15H9BrN4O/c1-15(21)13(9-2-4-11(16)5-3-9)12(8-19)14(20-15)10(6-17)7-18/h2-5,20-21H,1H3. The van der Waals surface area contributed by atoms with Gasteiger partial charge in [0, 0.05) is 10.0 Å². The minimum atomic E-state index is -1.53. The van der Waals surface area contributed by atoms with Crippen molar-refractivity contribution in [1.82, 2.24) is 5.32 Å². The lowest BCUT2D eigenvalue weighted by atomic mass is 9.94. The summed E-state index contributed by atoms with van der Waals surface area (Å²) in [6.07, 6.45) is 0. The third-order valence-electron chi connectivity index (χ3n) is 3.07. The molecule has 2 N–H and O–H groups in total. The molecule has 0 radical (unpaired) electrons. The van der Waals surface area contributed by atoms with Crippen molar-refractivity contribution in [2.45, 2.75) is 12.6 Å². The van der Waals surface area contributed by atoms with Gasteiger partial charge < -0.3 is 10.4 Å². The fourth-order valence-electron chi connectivity index (χ4n) is 2.21. The van der Waals surface area contributed by atoms with Crippen LogP contribution in [0.4, 0.5) is 0 Å². The Morgan fingerprint density at radius 1 is 1.19 bits per heavy atom. The SMILES string of the molecule is CC1(O)NC(=C(C#N)C#N)C(C#N)=C1c1ccc(Br)cc1. The van der Waals surface area contributed by atoms with Crippen LogP contribution in [0.1, 0.15) is 12.5 Å². The highest BCUT2D eigenvalue weighted by atomic mass is 79.9. The molecule has 0 bridgehead atoms. The quantitative estimate of drug-likeness (QED) is 0.763. The monoisotopic (exact) mass is 340 g/mol. The van der Waals surface area contributed by atoms with Crippen molar-refractivity contribution in [1.29, 1.82) is 15.8 Å². The summed E-state index contributed by atoms with van der Waals surface area (Å²) in [5, 5.41) is 40.5. The van der Waals surface area contributed by atoms with Crippen LogP contribution in [0.2, 0.25) is 0 Å². The molecular formula is C15H9BrN4O. The zero-order valence-corrected chi connectivity index (χ0v) is 12.6. The van der Waals surface area contributed by atoms with Crippen molar-refractivity contribution < 1.29 is 5.11 Å². The van der Waals surface area contributed by atoms with E-state index in [1.165, 1.54) is 6.92 Å². The molecule has 0 spiro atoms. The molecule has 1 heterocycles. The van der Waals surface area contributed by atoms with Gasteiger partial charge in [0.15, 0.2) is 11.3 Å². The topological polar surface area (TPSA) is 104 Å². The molecule has 6 heteroatoms. The summed E-state index contributed by atoms with van der Waals surface area (Å²) in [4.78, 5) is 0. The molecule has 0 aromatic heterocycles. The molecule has 1 aromatic rings. The van der Waals surface area contributed by atoms with Crippen molar-refractivity contribution in [2.24, 2.45) is 0 Å². The van der Waals surface area contributed by atoms with E-state index in [0.29, 0.717) is 11.1 Å². The van der Waals surface area contributed by atoms with Crippen molar-refractivity contribution >= 4 is 21.5 Å². The second kappa shape index (κ2) is 5.42. The first kappa shape index (κ1) is 14.8. The smallest absolute Gasteiger partial charge is 0.161 e. The Labute approximate surface area is 130 Å². The van der Waals surface area contributed by atoms with Gasteiger partial charge in [-0.2, -0.15) is 15.8 Å². The van der Waals surface area contributed by atoms with E-state index in [1.807, 2.05) is 6.07 Å². The number of hydrogen-bond donors (Lipinski definition) is 2. The van der Waals surface area contributed by atoms with Crippen LogP contribution in [0.5, 0.6) is 0 Å². The molecule has 5 nitrogen and oxygen atoms in total. The second-order valence-electron chi connectivity index (χ2n) is 4.54. The molecule has 1 atom stereocenters. The summed E-state index contributed by atoms with van der Waals surface area (Å²) in [5.41, 5.74) is -0.634. The Morgan fingerprint density at radius 2 is 1.76 bits per heavy atom. The average Bonchev–Trinajstić information content (AvgIpc) is 2.72. The predicted molar refractivity (Wildman–Crippen MR) is 78.7 cm³/mol. The first-order valence-corrected chi connectivity index (χ1v) is 6.70. The number of rotatable bonds is 1. The fraction of sp³-hybridized carbons (Fsp3) is 0.133. The number of halogens is 1. The Balaban J connectivity index is 2.76. The molecule has 0 saturated heterocycles. The molecular weight excluding hydrogens is 332 g/mol. The molecule has 0 fully saturated rings. The molecule has 102 valence electrons. The molecule has 1 aromatic carbocycles. The van der Waals surface area contributed by atoms with Crippen molar-refractivity contribution in [3.63, 3.8) is 0 Å². The molecule has 21 heavy (non-hydrogen) atoms. The van der Waals surface area contributed by atoms with Crippen LogP contribution in [-0.2, 0) is 0 Å². The minimum absolute atomic E-state index is 0.0606. The average molecular weight is 341 g/mol. The van der Waals surface area contributed by atoms with Crippen LogP contribution in [0.15, 0.2) is 45.6 Å². The van der Waals surface area contributed by atoms with E-state index in [-0.39, 0.29) is 16.8 Å².